The number of allylic oxidation sites excluding steroid dienone is 1. The van der Waals surface area contributed by atoms with Crippen LogP contribution in [0.2, 0.25) is 0 Å². The third-order valence-corrected chi connectivity index (χ3v) is 17.8. The topological polar surface area (TPSA) is 188 Å². The lowest BCUT2D eigenvalue weighted by Crippen LogP contribution is -2.55. The molecule has 398 valence electrons. The van der Waals surface area contributed by atoms with Crippen molar-refractivity contribution in [3.05, 3.63) is 136 Å². The molecule has 0 unspecified atom stereocenters. The second-order valence-electron chi connectivity index (χ2n) is 21.7. The van der Waals surface area contributed by atoms with Crippen LogP contribution in [0.5, 0.6) is 11.6 Å². The van der Waals surface area contributed by atoms with E-state index in [1.54, 1.807) is 47.6 Å². The second kappa shape index (κ2) is 19.4. The minimum atomic E-state index is -4.84. The molecule has 1 aliphatic carbocycles. The number of halogens is 3. The Morgan fingerprint density at radius 1 is 0.961 bits per heavy atom. The van der Waals surface area contributed by atoms with Gasteiger partial charge in [0, 0.05) is 85.9 Å². The lowest BCUT2D eigenvalue weighted by atomic mass is 9.59. The van der Waals surface area contributed by atoms with Gasteiger partial charge in [-0.25, -0.2) is 13.1 Å². The maximum Gasteiger partial charge on any atom is 0.397 e. The van der Waals surface area contributed by atoms with E-state index in [-0.39, 0.29) is 59.2 Å². The number of sulfonamides is 1. The molecule has 16 nitrogen and oxygen atoms in total. The largest absolute Gasteiger partial charge is 0.489 e. The van der Waals surface area contributed by atoms with Gasteiger partial charge in [-0.05, 0) is 125 Å². The number of nitrogens with one attached hydrogen (secondary N) is 3. The van der Waals surface area contributed by atoms with E-state index >= 15 is 0 Å². The molecule has 7 heterocycles. The zero-order chi connectivity index (χ0) is 53.3. The highest BCUT2D eigenvalue weighted by molar-refractivity contribution is 7.90. The van der Waals surface area contributed by atoms with Crippen LogP contribution in [0, 0.1) is 20.9 Å². The van der Waals surface area contributed by atoms with Gasteiger partial charge >= 0.3 is 6.18 Å². The standard InChI is InChI=1S/C56H60F3N9O7S/c1-34(2)41-11-5-6-12-42(41)44-13-9-22-66(44)39-31-55(32-39)18-24-65(25-19-55)38-14-15-43(45(28-38)67-23-17-49(54(3,4)56(57,58)59)75-53-47(67)26-35-16-21-61-51(35)63-53)52(69)64-76(72,73)40-29-46(68(70)71)50-48(30-40)74-33-37(62-50)27-36-10-7-8-20-60-36/h5-8,10-12,14-16,20-21,26,28-30,37,39,44,49,62H,1,9,13,17-19,22-25,27,31-33H2,2-4H3,(H,61,63)(H,64,69)/t37-,44-,49+/m0/s1. The molecule has 76 heavy (non-hydrogen) atoms. The van der Waals surface area contributed by atoms with Crippen molar-refractivity contribution >= 4 is 61.0 Å². The number of hydrogen-bond donors (Lipinski definition) is 3. The number of amides is 1. The van der Waals surface area contributed by atoms with Crippen LogP contribution in [-0.2, 0) is 16.4 Å². The number of aromatic amines is 1. The molecule has 3 N–H and O–H groups in total. The Bertz CT molecular complexity index is 3350. The first kappa shape index (κ1) is 50.9. The van der Waals surface area contributed by atoms with Gasteiger partial charge in [0.1, 0.15) is 24.0 Å². The first-order valence-corrected chi connectivity index (χ1v) is 27.3. The maximum absolute atomic E-state index is 14.8. The van der Waals surface area contributed by atoms with Crippen LogP contribution in [-0.4, -0.2) is 96.2 Å². The Labute approximate surface area is 438 Å². The number of nitro groups is 1. The number of likely N-dealkylation sites (tertiary alicyclic amines) is 1. The fourth-order valence-electron chi connectivity index (χ4n) is 12.1. The first-order valence-electron chi connectivity index (χ1n) is 25.8. The van der Waals surface area contributed by atoms with E-state index in [2.05, 4.69) is 72.6 Å². The van der Waals surface area contributed by atoms with Crippen molar-refractivity contribution in [3.8, 4) is 11.6 Å². The van der Waals surface area contributed by atoms with Gasteiger partial charge in [-0.1, -0.05) is 42.5 Å². The quantitative estimate of drug-likeness (QED) is 0.0777. The van der Waals surface area contributed by atoms with Crippen molar-refractivity contribution in [2.45, 2.75) is 107 Å². The smallest absolute Gasteiger partial charge is 0.397 e. The van der Waals surface area contributed by atoms with E-state index in [0.29, 0.717) is 42.6 Å². The SMILES string of the molecule is C=C(C)c1ccccc1[C@@H]1CCCN1C1CC2(CCN(c3ccc(C(=O)NS(=O)(=O)c4cc5c(c([N+](=O)[O-])c4)N[C@@H](Cc4ccccn4)CO5)c(N4CC[C@H](C(C)(C)C(F)(F)F)Oc5nc6[nH]ccc6cc54)c3)CC2)C1. The molecule has 11 rings (SSSR count). The monoisotopic (exact) mass is 1060 g/mol. The highest BCUT2D eigenvalue weighted by atomic mass is 32.2. The van der Waals surface area contributed by atoms with Gasteiger partial charge < -0.3 is 29.6 Å². The van der Waals surface area contributed by atoms with E-state index in [4.69, 9.17) is 9.47 Å². The van der Waals surface area contributed by atoms with Gasteiger partial charge in [-0.3, -0.25) is 24.8 Å². The second-order valence-corrected chi connectivity index (χ2v) is 23.4. The number of aromatic nitrogens is 3. The number of H-pyrrole nitrogens is 1. The van der Waals surface area contributed by atoms with E-state index in [1.165, 1.54) is 17.2 Å². The highest BCUT2D eigenvalue weighted by Gasteiger charge is 2.55. The number of ether oxygens (including phenoxy) is 2. The number of alkyl halides is 3. The zero-order valence-corrected chi connectivity index (χ0v) is 43.3. The summed E-state index contributed by atoms with van der Waals surface area (Å²) in [5.74, 6) is -1.26. The van der Waals surface area contributed by atoms with Crippen molar-refractivity contribution < 1.29 is 40.8 Å². The van der Waals surface area contributed by atoms with Crippen molar-refractivity contribution in [2.75, 3.05) is 47.9 Å². The van der Waals surface area contributed by atoms with Crippen LogP contribution in [0.3, 0.4) is 0 Å². The number of benzene rings is 3. The average molecular weight is 1060 g/mol. The molecule has 20 heteroatoms. The van der Waals surface area contributed by atoms with E-state index in [9.17, 15) is 36.5 Å². The van der Waals surface area contributed by atoms with Gasteiger partial charge in [0.25, 0.3) is 21.6 Å². The molecule has 0 radical (unpaired) electrons. The van der Waals surface area contributed by atoms with Gasteiger partial charge in [-0.15, -0.1) is 0 Å². The highest BCUT2D eigenvalue weighted by Crippen LogP contribution is 2.55. The van der Waals surface area contributed by atoms with Crippen LogP contribution in [0.1, 0.15) is 98.9 Å². The lowest BCUT2D eigenvalue weighted by molar-refractivity contribution is -0.384. The van der Waals surface area contributed by atoms with Crippen molar-refractivity contribution in [3.63, 3.8) is 0 Å². The number of hydrogen-bond acceptors (Lipinski definition) is 13. The molecule has 1 saturated carbocycles. The minimum absolute atomic E-state index is 0.0130. The zero-order valence-electron chi connectivity index (χ0n) is 42.5. The number of carbonyl (C=O) groups excluding carboxylic acids is 1. The summed E-state index contributed by atoms with van der Waals surface area (Å²) < 4.78 is 87.2. The summed E-state index contributed by atoms with van der Waals surface area (Å²) >= 11 is 0. The van der Waals surface area contributed by atoms with Crippen LogP contribution in [0.15, 0.2) is 109 Å². The first-order chi connectivity index (χ1) is 36.3. The summed E-state index contributed by atoms with van der Waals surface area (Å²) in [4.78, 5) is 44.6. The molecule has 2 saturated heterocycles. The van der Waals surface area contributed by atoms with Gasteiger partial charge in [0.05, 0.1) is 32.5 Å². The van der Waals surface area contributed by atoms with Gasteiger partial charge in [-0.2, -0.15) is 18.2 Å². The van der Waals surface area contributed by atoms with Crippen LogP contribution >= 0.6 is 0 Å². The number of rotatable bonds is 12. The normalized spacial score (nSPS) is 20.9. The summed E-state index contributed by atoms with van der Waals surface area (Å²) in [5, 5.41) is 16.3. The van der Waals surface area contributed by atoms with Crippen molar-refractivity contribution in [1.29, 1.82) is 0 Å². The third kappa shape index (κ3) is 9.47. The van der Waals surface area contributed by atoms with Crippen LogP contribution < -0.4 is 29.3 Å². The van der Waals surface area contributed by atoms with E-state index < -0.39 is 55.2 Å². The summed E-state index contributed by atoms with van der Waals surface area (Å²) in [5.41, 5.74) is 3.10. The number of pyridine rings is 2. The third-order valence-electron chi connectivity index (χ3n) is 16.5. The molecule has 3 aromatic carbocycles. The number of fused-ring (bicyclic) bond motifs is 3. The number of nitrogens with zero attached hydrogens (tertiary/aromatic N) is 6. The number of nitro benzene ring substituents is 1. The number of anilines is 4. The Balaban J connectivity index is 0.896. The van der Waals surface area contributed by atoms with Crippen molar-refractivity contribution in [1.82, 2.24) is 24.6 Å². The van der Waals surface area contributed by atoms with Crippen LogP contribution in [0.4, 0.5) is 41.6 Å². The molecule has 0 bridgehead atoms. The summed E-state index contributed by atoms with van der Waals surface area (Å²) in [6.07, 6.45) is 3.75. The maximum atomic E-state index is 14.8. The minimum Gasteiger partial charge on any atom is -0.489 e. The summed E-state index contributed by atoms with van der Waals surface area (Å²) in [6.45, 7) is 10.9. The van der Waals surface area contributed by atoms with Gasteiger partial charge in [0.2, 0.25) is 5.88 Å². The molecule has 3 fully saturated rings. The molecule has 1 spiro atoms. The van der Waals surface area contributed by atoms with Crippen molar-refractivity contribution in [2.24, 2.45) is 10.8 Å². The van der Waals surface area contributed by atoms with E-state index in [0.717, 1.165) is 88.0 Å². The fraction of sp³-hybridized carbons (Fsp3) is 0.411. The molecule has 3 atom stereocenters. The molecular weight excluding hydrogens is 1000 g/mol. The molecule has 5 aliphatic rings. The predicted molar refractivity (Wildman–Crippen MR) is 284 cm³/mol. The molecule has 4 aliphatic heterocycles. The van der Waals surface area contributed by atoms with E-state index in [1.807, 2.05) is 12.1 Å². The lowest BCUT2D eigenvalue weighted by Gasteiger charge is -2.56. The molecule has 3 aromatic heterocycles. The molecular formula is C56H60F3N9O7S. The Kier molecular flexibility index (Phi) is 13.0. The average Bonchev–Trinajstić information content (AvgIpc) is 4.04. The molecule has 6 aromatic rings. The van der Waals surface area contributed by atoms with Crippen LogP contribution in [0.25, 0.3) is 16.6 Å². The summed E-state index contributed by atoms with van der Waals surface area (Å²) in [7, 11) is -4.84. The molecule has 1 amide bonds. The number of carbonyl (C=O) groups is 1. The van der Waals surface area contributed by atoms with Gasteiger partial charge in [0.15, 0.2) is 11.4 Å². The Morgan fingerprint density at radius 2 is 1.74 bits per heavy atom. The summed E-state index contributed by atoms with van der Waals surface area (Å²) in [6, 6.07) is 25.0. The Morgan fingerprint density at radius 3 is 2.47 bits per heavy atom. The number of piperidine rings is 1. The Hall–Kier alpha value is -7.19. The fourth-order valence-corrected chi connectivity index (χ4v) is 13.1. The predicted octanol–water partition coefficient (Wildman–Crippen LogP) is 10.9.